The first kappa shape index (κ1) is 13.6. The predicted octanol–water partition coefficient (Wildman–Crippen LogP) is 3.70. The lowest BCUT2D eigenvalue weighted by molar-refractivity contribution is 0.219. The summed E-state index contributed by atoms with van der Waals surface area (Å²) in [5.74, 6) is 0.844. The van der Waals surface area contributed by atoms with Gasteiger partial charge in [0.15, 0.2) is 0 Å². The summed E-state index contributed by atoms with van der Waals surface area (Å²) in [5.41, 5.74) is 5.23. The molecule has 0 aliphatic carbocycles. The fourth-order valence-electron chi connectivity index (χ4n) is 2.32. The average Bonchev–Trinajstić information content (AvgIpc) is 2.41. The molecule has 2 nitrogen and oxygen atoms in total. The number of hydrogen-bond acceptors (Lipinski definition) is 2. The summed E-state index contributed by atoms with van der Waals surface area (Å²) in [5, 5.41) is 10.5. The molecule has 0 radical (unpaired) electrons. The van der Waals surface area contributed by atoms with Gasteiger partial charge >= 0.3 is 0 Å². The lowest BCUT2D eigenvalue weighted by Gasteiger charge is -2.17. The van der Waals surface area contributed by atoms with E-state index in [-0.39, 0.29) is 0 Å². The topological polar surface area (TPSA) is 29.5 Å². The van der Waals surface area contributed by atoms with Crippen molar-refractivity contribution in [2.24, 2.45) is 0 Å². The summed E-state index contributed by atoms with van der Waals surface area (Å²) < 4.78 is 5.25. The second-order valence-corrected chi connectivity index (χ2v) is 4.92. The van der Waals surface area contributed by atoms with E-state index in [0.29, 0.717) is 0 Å². The Balaban J connectivity index is 2.41. The Morgan fingerprint density at radius 3 is 2.37 bits per heavy atom. The van der Waals surface area contributed by atoms with Gasteiger partial charge < -0.3 is 9.84 Å². The fourth-order valence-corrected chi connectivity index (χ4v) is 2.32. The van der Waals surface area contributed by atoms with Gasteiger partial charge in [0.05, 0.1) is 7.11 Å². The highest BCUT2D eigenvalue weighted by Crippen LogP contribution is 2.29. The minimum atomic E-state index is -0.593. The van der Waals surface area contributed by atoms with Crippen LogP contribution < -0.4 is 4.74 Å². The molecule has 1 unspecified atom stereocenters. The number of aliphatic hydroxyl groups excluding tert-OH is 1. The molecular formula is C17H20O2. The van der Waals surface area contributed by atoms with E-state index in [9.17, 15) is 5.11 Å². The Bertz CT molecular complexity index is 588. The van der Waals surface area contributed by atoms with Crippen LogP contribution in [-0.2, 0) is 0 Å². The van der Waals surface area contributed by atoms with Gasteiger partial charge in [0.1, 0.15) is 11.9 Å². The third-order valence-corrected chi connectivity index (χ3v) is 3.68. The first-order valence-corrected chi connectivity index (χ1v) is 6.43. The molecule has 0 aliphatic heterocycles. The van der Waals surface area contributed by atoms with Gasteiger partial charge in [0, 0.05) is 0 Å². The Kier molecular flexibility index (Phi) is 3.91. The van der Waals surface area contributed by atoms with Crippen molar-refractivity contribution in [2.45, 2.75) is 26.9 Å². The number of aryl methyl sites for hydroxylation is 2. The van der Waals surface area contributed by atoms with E-state index in [2.05, 4.69) is 13.0 Å². The molecular weight excluding hydrogens is 236 g/mol. The molecule has 0 aliphatic rings. The standard InChI is InChI=1S/C17H20O2/c1-11-6-5-7-15(13(11)3)17(18)14-8-9-16(19-4)12(2)10-14/h5-10,17-18H,1-4H3. The first-order chi connectivity index (χ1) is 9.04. The van der Waals surface area contributed by atoms with E-state index in [1.807, 2.05) is 44.2 Å². The molecule has 0 heterocycles. The molecule has 0 fully saturated rings. The van der Waals surface area contributed by atoms with E-state index >= 15 is 0 Å². The van der Waals surface area contributed by atoms with Crippen LogP contribution in [0.3, 0.4) is 0 Å². The second-order valence-electron chi connectivity index (χ2n) is 4.92. The third-order valence-electron chi connectivity index (χ3n) is 3.68. The summed E-state index contributed by atoms with van der Waals surface area (Å²) in [4.78, 5) is 0. The van der Waals surface area contributed by atoms with Crippen molar-refractivity contribution in [3.63, 3.8) is 0 Å². The molecule has 19 heavy (non-hydrogen) atoms. The van der Waals surface area contributed by atoms with Crippen LogP contribution in [-0.4, -0.2) is 12.2 Å². The molecule has 0 aromatic heterocycles. The molecule has 2 aromatic rings. The monoisotopic (exact) mass is 256 g/mol. The van der Waals surface area contributed by atoms with Gasteiger partial charge in [-0.05, 0) is 60.7 Å². The molecule has 0 bridgehead atoms. The Morgan fingerprint density at radius 1 is 1.00 bits per heavy atom. The molecule has 2 aromatic carbocycles. The van der Waals surface area contributed by atoms with Gasteiger partial charge in [0.25, 0.3) is 0 Å². The van der Waals surface area contributed by atoms with Gasteiger partial charge in [-0.2, -0.15) is 0 Å². The second kappa shape index (κ2) is 5.45. The summed E-state index contributed by atoms with van der Waals surface area (Å²) in [7, 11) is 1.66. The van der Waals surface area contributed by atoms with Crippen molar-refractivity contribution in [3.8, 4) is 5.75 Å². The zero-order chi connectivity index (χ0) is 14.0. The molecule has 100 valence electrons. The van der Waals surface area contributed by atoms with E-state index < -0.39 is 6.10 Å². The van der Waals surface area contributed by atoms with E-state index in [1.165, 1.54) is 5.56 Å². The number of ether oxygens (including phenoxy) is 1. The number of aliphatic hydroxyl groups is 1. The molecule has 0 saturated heterocycles. The fraction of sp³-hybridized carbons (Fsp3) is 0.294. The van der Waals surface area contributed by atoms with Crippen LogP contribution in [0.1, 0.15) is 33.9 Å². The van der Waals surface area contributed by atoms with Gasteiger partial charge in [0.2, 0.25) is 0 Å². The van der Waals surface area contributed by atoms with Gasteiger partial charge in [-0.15, -0.1) is 0 Å². The van der Waals surface area contributed by atoms with Crippen LogP contribution in [0.2, 0.25) is 0 Å². The van der Waals surface area contributed by atoms with Crippen LogP contribution in [0, 0.1) is 20.8 Å². The van der Waals surface area contributed by atoms with Crippen molar-refractivity contribution in [2.75, 3.05) is 7.11 Å². The smallest absolute Gasteiger partial charge is 0.121 e. The normalized spacial score (nSPS) is 12.3. The van der Waals surface area contributed by atoms with Gasteiger partial charge in [-0.1, -0.05) is 24.3 Å². The summed E-state index contributed by atoms with van der Waals surface area (Å²) in [6, 6.07) is 11.8. The lowest BCUT2D eigenvalue weighted by Crippen LogP contribution is -2.03. The summed E-state index contributed by atoms with van der Waals surface area (Å²) in [6.45, 7) is 6.09. The molecule has 1 atom stereocenters. The first-order valence-electron chi connectivity index (χ1n) is 6.43. The van der Waals surface area contributed by atoms with Crippen molar-refractivity contribution in [1.82, 2.24) is 0 Å². The largest absolute Gasteiger partial charge is 0.496 e. The Labute approximate surface area is 114 Å². The van der Waals surface area contributed by atoms with Crippen molar-refractivity contribution >= 4 is 0 Å². The summed E-state index contributed by atoms with van der Waals surface area (Å²) >= 11 is 0. The zero-order valence-electron chi connectivity index (χ0n) is 11.9. The number of rotatable bonds is 3. The SMILES string of the molecule is COc1ccc(C(O)c2cccc(C)c2C)cc1C. The Hall–Kier alpha value is -1.80. The molecule has 0 spiro atoms. The maximum absolute atomic E-state index is 10.5. The van der Waals surface area contributed by atoms with E-state index in [1.54, 1.807) is 7.11 Å². The predicted molar refractivity (Wildman–Crippen MR) is 77.7 cm³/mol. The minimum Gasteiger partial charge on any atom is -0.496 e. The third kappa shape index (κ3) is 2.64. The van der Waals surface area contributed by atoms with Gasteiger partial charge in [-0.3, -0.25) is 0 Å². The number of benzene rings is 2. The van der Waals surface area contributed by atoms with Crippen molar-refractivity contribution in [3.05, 3.63) is 64.2 Å². The molecule has 0 amide bonds. The van der Waals surface area contributed by atoms with Gasteiger partial charge in [-0.25, -0.2) is 0 Å². The van der Waals surface area contributed by atoms with Crippen molar-refractivity contribution in [1.29, 1.82) is 0 Å². The number of methoxy groups -OCH3 is 1. The quantitative estimate of drug-likeness (QED) is 0.907. The molecule has 2 rings (SSSR count). The average molecular weight is 256 g/mol. The van der Waals surface area contributed by atoms with Crippen LogP contribution in [0.5, 0.6) is 5.75 Å². The maximum Gasteiger partial charge on any atom is 0.121 e. The van der Waals surface area contributed by atoms with E-state index in [0.717, 1.165) is 28.0 Å². The maximum atomic E-state index is 10.5. The minimum absolute atomic E-state index is 0.593. The highest BCUT2D eigenvalue weighted by Gasteiger charge is 2.14. The van der Waals surface area contributed by atoms with E-state index in [4.69, 9.17) is 4.74 Å². The van der Waals surface area contributed by atoms with Crippen molar-refractivity contribution < 1.29 is 9.84 Å². The Morgan fingerprint density at radius 2 is 1.74 bits per heavy atom. The number of hydrogen-bond donors (Lipinski definition) is 1. The highest BCUT2D eigenvalue weighted by molar-refractivity contribution is 5.43. The molecule has 0 saturated carbocycles. The zero-order valence-corrected chi connectivity index (χ0v) is 11.9. The van der Waals surface area contributed by atoms with Crippen LogP contribution in [0.15, 0.2) is 36.4 Å². The molecule has 1 N–H and O–H groups in total. The summed E-state index contributed by atoms with van der Waals surface area (Å²) in [6.07, 6.45) is -0.593. The lowest BCUT2D eigenvalue weighted by atomic mass is 9.94. The molecule has 2 heteroatoms. The van der Waals surface area contributed by atoms with Crippen LogP contribution in [0.4, 0.5) is 0 Å². The van der Waals surface area contributed by atoms with Crippen LogP contribution in [0.25, 0.3) is 0 Å². The van der Waals surface area contributed by atoms with Crippen LogP contribution >= 0.6 is 0 Å². The highest BCUT2D eigenvalue weighted by atomic mass is 16.5.